The molecule has 0 bridgehead atoms. The van der Waals surface area contributed by atoms with Crippen molar-refractivity contribution in [1.29, 1.82) is 0 Å². The fourth-order valence-electron chi connectivity index (χ4n) is 7.82. The van der Waals surface area contributed by atoms with Crippen LogP contribution in [-0.2, 0) is 0 Å². The van der Waals surface area contributed by atoms with Crippen LogP contribution in [0.3, 0.4) is 0 Å². The van der Waals surface area contributed by atoms with Gasteiger partial charge in [-0.15, -0.1) is 0 Å². The smallest absolute Gasteiger partial charge is 0.137 e. The van der Waals surface area contributed by atoms with Gasteiger partial charge < -0.3 is 18.3 Å². The lowest BCUT2D eigenvalue weighted by Gasteiger charge is -2.26. The van der Waals surface area contributed by atoms with Crippen molar-refractivity contribution in [3.8, 4) is 5.69 Å². The van der Waals surface area contributed by atoms with Crippen LogP contribution in [0.15, 0.2) is 167 Å². The Morgan fingerprint density at radius 2 is 0.875 bits per heavy atom. The average Bonchev–Trinajstić information content (AvgIpc) is 3.81. The van der Waals surface area contributed by atoms with Gasteiger partial charge in [0.15, 0.2) is 0 Å². The quantitative estimate of drug-likeness (QED) is 0.185. The van der Waals surface area contributed by atoms with Gasteiger partial charge in [0.2, 0.25) is 0 Å². The van der Waals surface area contributed by atoms with Crippen LogP contribution in [-0.4, -0.2) is 4.57 Å². The lowest BCUT2D eigenvalue weighted by atomic mass is 10.0. The summed E-state index contributed by atoms with van der Waals surface area (Å²) < 4.78 is 15.2. The Hall–Kier alpha value is -6.52. The van der Waals surface area contributed by atoms with Gasteiger partial charge in [0.25, 0.3) is 0 Å². The number of rotatable bonds is 4. The minimum atomic E-state index is 0.855. The van der Waals surface area contributed by atoms with Gasteiger partial charge in [-0.2, -0.15) is 0 Å². The zero-order valence-corrected chi connectivity index (χ0v) is 25.7. The monoisotopic (exact) mass is 614 g/mol. The minimum Gasteiger partial charge on any atom is -0.456 e. The molecule has 11 aromatic rings. The number of hydrogen-bond donors (Lipinski definition) is 0. The summed E-state index contributed by atoms with van der Waals surface area (Å²) in [5.41, 5.74) is 10.0. The van der Waals surface area contributed by atoms with Crippen molar-refractivity contribution in [2.75, 3.05) is 4.90 Å². The first-order valence-corrected chi connectivity index (χ1v) is 16.3. The van der Waals surface area contributed by atoms with E-state index < -0.39 is 0 Å². The molecule has 224 valence electrons. The number of furan rings is 2. The van der Waals surface area contributed by atoms with Gasteiger partial charge in [0.05, 0.1) is 11.0 Å². The maximum atomic E-state index is 6.38. The highest BCUT2D eigenvalue weighted by Crippen LogP contribution is 2.43. The summed E-state index contributed by atoms with van der Waals surface area (Å²) in [5, 5.41) is 9.56. The highest BCUT2D eigenvalue weighted by Gasteiger charge is 2.20. The molecule has 48 heavy (non-hydrogen) atoms. The second-order valence-corrected chi connectivity index (χ2v) is 12.6. The second-order valence-electron chi connectivity index (χ2n) is 12.6. The van der Waals surface area contributed by atoms with Gasteiger partial charge in [-0.05, 0) is 77.5 Å². The molecule has 0 amide bonds. The van der Waals surface area contributed by atoms with Gasteiger partial charge in [0, 0.05) is 67.2 Å². The molecule has 0 radical (unpaired) electrons. The van der Waals surface area contributed by atoms with E-state index in [0.29, 0.717) is 0 Å². The van der Waals surface area contributed by atoms with Crippen molar-refractivity contribution in [1.82, 2.24) is 4.57 Å². The number of fused-ring (bicyclic) bond motifs is 6. The van der Waals surface area contributed by atoms with Crippen LogP contribution in [0.2, 0.25) is 0 Å². The zero-order chi connectivity index (χ0) is 31.3. The molecule has 0 unspecified atom stereocenters. The Morgan fingerprint density at radius 3 is 1.46 bits per heavy atom. The lowest BCUT2D eigenvalue weighted by molar-refractivity contribution is 0.669. The molecule has 3 heterocycles. The highest BCUT2D eigenvalue weighted by molar-refractivity contribution is 6.24. The molecule has 8 aromatic carbocycles. The second kappa shape index (κ2) is 9.50. The maximum absolute atomic E-state index is 6.38. The summed E-state index contributed by atoms with van der Waals surface area (Å²) >= 11 is 0. The van der Waals surface area contributed by atoms with E-state index in [0.717, 1.165) is 66.6 Å². The van der Waals surface area contributed by atoms with Crippen LogP contribution in [0.5, 0.6) is 0 Å². The van der Waals surface area contributed by atoms with Crippen molar-refractivity contribution in [2.45, 2.75) is 0 Å². The third kappa shape index (κ3) is 3.54. The molecule has 4 heteroatoms. The van der Waals surface area contributed by atoms with Crippen molar-refractivity contribution < 1.29 is 8.83 Å². The third-order valence-electron chi connectivity index (χ3n) is 9.91. The minimum absolute atomic E-state index is 0.855. The third-order valence-corrected chi connectivity index (χ3v) is 9.91. The number of hydrogen-bond acceptors (Lipinski definition) is 3. The van der Waals surface area contributed by atoms with Gasteiger partial charge in [-0.25, -0.2) is 0 Å². The van der Waals surface area contributed by atoms with E-state index in [1.807, 2.05) is 24.3 Å². The van der Waals surface area contributed by atoms with Crippen LogP contribution in [0, 0.1) is 0 Å². The van der Waals surface area contributed by atoms with Crippen molar-refractivity contribution in [3.63, 3.8) is 0 Å². The van der Waals surface area contributed by atoms with Gasteiger partial charge in [-0.1, -0.05) is 78.9 Å². The molecule has 3 aromatic heterocycles. The molecule has 4 nitrogen and oxygen atoms in total. The molecular weight excluding hydrogens is 588 g/mol. The summed E-state index contributed by atoms with van der Waals surface area (Å²) in [7, 11) is 0. The van der Waals surface area contributed by atoms with Crippen molar-refractivity contribution in [3.05, 3.63) is 158 Å². The van der Waals surface area contributed by atoms with Crippen LogP contribution < -0.4 is 4.90 Å². The number of nitrogens with zero attached hydrogens (tertiary/aromatic N) is 2. The van der Waals surface area contributed by atoms with E-state index in [1.54, 1.807) is 0 Å². The normalized spacial score (nSPS) is 12.2. The van der Waals surface area contributed by atoms with E-state index in [9.17, 15) is 0 Å². The molecule has 0 aliphatic carbocycles. The zero-order valence-electron chi connectivity index (χ0n) is 25.7. The lowest BCUT2D eigenvalue weighted by Crippen LogP contribution is -2.10. The molecular formula is C44H26N2O2. The van der Waals surface area contributed by atoms with Gasteiger partial charge in [0.1, 0.15) is 22.3 Å². The number of benzene rings is 8. The van der Waals surface area contributed by atoms with Crippen LogP contribution >= 0.6 is 0 Å². The van der Waals surface area contributed by atoms with Crippen LogP contribution in [0.25, 0.3) is 82.1 Å². The summed E-state index contributed by atoms with van der Waals surface area (Å²) in [4.78, 5) is 2.30. The Labute approximate surface area is 274 Å². The van der Waals surface area contributed by atoms with Crippen LogP contribution in [0.1, 0.15) is 0 Å². The topological polar surface area (TPSA) is 34.5 Å². The fourth-order valence-corrected chi connectivity index (χ4v) is 7.82. The summed E-state index contributed by atoms with van der Waals surface area (Å²) in [6, 6.07) is 55.9. The first-order valence-electron chi connectivity index (χ1n) is 16.3. The van der Waals surface area contributed by atoms with Crippen LogP contribution in [0.4, 0.5) is 17.1 Å². The molecule has 11 rings (SSSR count). The Kier molecular flexibility index (Phi) is 5.08. The van der Waals surface area contributed by atoms with Gasteiger partial charge >= 0.3 is 0 Å². The SMILES string of the molecule is c1cc(N(c2ccc3c(c2)oc2ccccc23)c2ccc3c(c2)oc2ccccc23)cc(-n2c3cccc4ccc5cccc2c5c43)c1. The van der Waals surface area contributed by atoms with Gasteiger partial charge in [-0.3, -0.25) is 0 Å². The standard InChI is InChI=1S/C44H26N2O2/c1-3-16-39-33(12-1)35-22-20-31(25-41(35)47-39)45(32-21-23-36-34-13-2-4-17-40(34)48-42(36)26-32)29-10-7-11-30(24-29)46-37-14-5-8-27-18-19-28-9-6-15-38(46)44(28)43(27)37/h1-26H. The number of para-hydroxylation sites is 2. The molecule has 0 atom stereocenters. The first kappa shape index (κ1) is 25.6. The fraction of sp³-hybridized carbons (Fsp3) is 0. The first-order chi connectivity index (χ1) is 23.8. The molecule has 0 fully saturated rings. The Bertz CT molecular complexity index is 2850. The molecule has 0 N–H and O–H groups in total. The highest BCUT2D eigenvalue weighted by atomic mass is 16.3. The largest absolute Gasteiger partial charge is 0.456 e. The Morgan fingerprint density at radius 1 is 0.375 bits per heavy atom. The number of aromatic nitrogens is 1. The van der Waals surface area contributed by atoms with E-state index in [1.165, 1.54) is 32.6 Å². The molecule has 0 aliphatic rings. The van der Waals surface area contributed by atoms with Crippen molar-refractivity contribution >= 4 is 93.5 Å². The average molecular weight is 615 g/mol. The molecule has 0 spiro atoms. The van der Waals surface area contributed by atoms with E-state index in [4.69, 9.17) is 8.83 Å². The number of anilines is 3. The summed E-state index contributed by atoms with van der Waals surface area (Å²) in [6.07, 6.45) is 0. The summed E-state index contributed by atoms with van der Waals surface area (Å²) in [6.45, 7) is 0. The Balaban J connectivity index is 1.16. The molecule has 0 saturated heterocycles. The molecule has 0 saturated carbocycles. The molecule has 0 aliphatic heterocycles. The van der Waals surface area contributed by atoms with E-state index in [2.05, 4.69) is 143 Å². The summed E-state index contributed by atoms with van der Waals surface area (Å²) in [5.74, 6) is 0. The van der Waals surface area contributed by atoms with E-state index >= 15 is 0 Å². The maximum Gasteiger partial charge on any atom is 0.137 e. The van der Waals surface area contributed by atoms with E-state index in [-0.39, 0.29) is 0 Å². The van der Waals surface area contributed by atoms with Crippen molar-refractivity contribution in [2.24, 2.45) is 0 Å². The predicted molar refractivity (Wildman–Crippen MR) is 199 cm³/mol. The predicted octanol–water partition coefficient (Wildman–Crippen LogP) is 12.6.